The van der Waals surface area contributed by atoms with Crippen molar-refractivity contribution in [3.8, 4) is 0 Å². The number of nitro groups is 2. The second kappa shape index (κ2) is 25.9. The van der Waals surface area contributed by atoms with Crippen molar-refractivity contribution in [2.45, 2.75) is 152 Å². The molecule has 4 aliphatic rings. The number of aromatic nitrogens is 1. The molecule has 7 N–H and O–H groups in total. The predicted molar refractivity (Wildman–Crippen MR) is 288 cm³/mol. The van der Waals surface area contributed by atoms with E-state index in [0.29, 0.717) is 22.3 Å². The first-order chi connectivity index (χ1) is 38.0. The summed E-state index contributed by atoms with van der Waals surface area (Å²) < 4.78 is 6.43. The molecule has 24 nitrogen and oxygen atoms in total. The molecule has 0 spiro atoms. The number of allylic oxidation sites excluding steroid dienone is 1. The van der Waals surface area contributed by atoms with Gasteiger partial charge < -0.3 is 46.7 Å². The van der Waals surface area contributed by atoms with Crippen molar-refractivity contribution in [2.75, 3.05) is 6.54 Å². The van der Waals surface area contributed by atoms with Crippen molar-refractivity contribution in [3.63, 3.8) is 0 Å². The van der Waals surface area contributed by atoms with Gasteiger partial charge in [-0.1, -0.05) is 119 Å². The molecule has 2 aromatic carbocycles. The van der Waals surface area contributed by atoms with Gasteiger partial charge in [-0.05, 0) is 68.2 Å². The Kier molecular flexibility index (Phi) is 19.4. The second-order valence-electron chi connectivity index (χ2n) is 21.5. The van der Waals surface area contributed by atoms with Crippen LogP contribution in [-0.2, 0) is 38.3 Å². The predicted octanol–water partition coefficient (Wildman–Crippen LogP) is 3.40. The summed E-state index contributed by atoms with van der Waals surface area (Å²) in [5.74, 6) is -11.6. The highest BCUT2D eigenvalue weighted by molar-refractivity contribution is 6.30. The number of ether oxygens (including phenoxy) is 1. The number of hydrogen-bond acceptors (Lipinski definition) is 14. The number of nitrogens with zero attached hydrogens (tertiary/aromatic N) is 4. The maximum absolute atomic E-state index is 15.2. The average molecular weight is 1130 g/mol. The van der Waals surface area contributed by atoms with Crippen LogP contribution in [0.5, 0.6) is 0 Å². The summed E-state index contributed by atoms with van der Waals surface area (Å²) in [4.78, 5) is 142. The van der Waals surface area contributed by atoms with Crippen LogP contribution < -0.4 is 31.9 Å². The van der Waals surface area contributed by atoms with Gasteiger partial charge in [-0.3, -0.25) is 53.8 Å². The zero-order chi connectivity index (χ0) is 58.3. The van der Waals surface area contributed by atoms with Crippen molar-refractivity contribution in [3.05, 3.63) is 127 Å². The van der Waals surface area contributed by atoms with Crippen molar-refractivity contribution >= 4 is 58.9 Å². The van der Waals surface area contributed by atoms with Gasteiger partial charge in [0.25, 0.3) is 5.91 Å². The molecule has 430 valence electrons. The molecule has 80 heavy (non-hydrogen) atoms. The van der Waals surface area contributed by atoms with Crippen LogP contribution in [0.15, 0.2) is 84.9 Å². The van der Waals surface area contributed by atoms with Gasteiger partial charge in [0.1, 0.15) is 59.2 Å². The summed E-state index contributed by atoms with van der Waals surface area (Å²) in [6, 6.07) is 6.69. The zero-order valence-electron chi connectivity index (χ0n) is 45.2. The van der Waals surface area contributed by atoms with Crippen LogP contribution in [0.1, 0.15) is 114 Å². The molecule has 0 unspecified atom stereocenters. The number of carbonyl (C=O) groups excluding carboxylic acids is 8. The molecule has 1 aromatic heterocycles. The Balaban J connectivity index is 1.33. The van der Waals surface area contributed by atoms with E-state index in [1.807, 2.05) is 0 Å². The van der Waals surface area contributed by atoms with E-state index in [1.165, 1.54) is 17.9 Å². The number of hydrogen-bond donors (Lipinski definition) is 7. The third-order valence-electron chi connectivity index (χ3n) is 16.0. The number of amides is 7. The van der Waals surface area contributed by atoms with E-state index >= 15 is 14.4 Å². The topological polar surface area (TPSA) is 333 Å². The molecule has 3 heterocycles. The third kappa shape index (κ3) is 14.1. The van der Waals surface area contributed by atoms with Crippen molar-refractivity contribution in [2.24, 2.45) is 23.7 Å². The lowest BCUT2D eigenvalue weighted by atomic mass is 9.90. The molecule has 3 aromatic rings. The Morgan fingerprint density at radius 1 is 0.787 bits per heavy atom. The summed E-state index contributed by atoms with van der Waals surface area (Å²) in [5.41, 5.74) is 0.721. The standard InChI is InChI=1S/C55H69ClN10O14/c1-7-15-32-22-42-55(74)80-31(6)47(62-49(68)37(23-35-25-40(35)65(76)77)57-50(69)39-20-21-43(56)64(39)75)53(72)61-45(29(4)33-16-11-9-12-17-33)51(70)58-38(24-36-26-41(36)66(78)79)48(67)60-46(30(5)34-18-13-10-14-19-34)52(71)59-44(28(3)8-2)54(73)63(42)27-32/h7,9-21,28-32,35-38,40-42,44-47,75H,8,22-27H2,1-6H3,(H,57,69)(H,58,70)(H,59,71)(H,60,67)(H,61,72)(H,62,68)/t28-,29+,30+,31-,32-,35+,36+,37-,38+,40+,41+,42-,44-,45-,46-,47+/m0/s1. The summed E-state index contributed by atoms with van der Waals surface area (Å²) in [7, 11) is 0. The first-order valence-corrected chi connectivity index (χ1v) is 27.3. The minimum Gasteiger partial charge on any atom is -0.458 e. The smallest absolute Gasteiger partial charge is 0.329 e. The number of esters is 1. The molecule has 16 atom stereocenters. The van der Waals surface area contributed by atoms with Crippen LogP contribution in [0.25, 0.3) is 0 Å². The van der Waals surface area contributed by atoms with Crippen LogP contribution in [0.4, 0.5) is 0 Å². The highest BCUT2D eigenvalue weighted by atomic mass is 35.5. The summed E-state index contributed by atoms with van der Waals surface area (Å²) in [5, 5.41) is 50.1. The largest absolute Gasteiger partial charge is 0.458 e. The summed E-state index contributed by atoms with van der Waals surface area (Å²) in [6.07, 6.45) is 1.86. The Morgan fingerprint density at radius 2 is 1.34 bits per heavy atom. The van der Waals surface area contributed by atoms with Gasteiger partial charge in [-0.2, -0.15) is 4.73 Å². The van der Waals surface area contributed by atoms with E-state index in [0.717, 1.165) is 6.07 Å². The van der Waals surface area contributed by atoms with Gasteiger partial charge in [-0.15, -0.1) is 0 Å². The van der Waals surface area contributed by atoms with Crippen LogP contribution in [0.3, 0.4) is 0 Å². The van der Waals surface area contributed by atoms with Crippen LogP contribution >= 0.6 is 11.6 Å². The molecule has 4 fully saturated rings. The highest BCUT2D eigenvalue weighted by Crippen LogP contribution is 2.39. The van der Waals surface area contributed by atoms with Gasteiger partial charge >= 0.3 is 5.97 Å². The minimum atomic E-state index is -1.93. The number of nitrogens with one attached hydrogen (secondary N) is 6. The van der Waals surface area contributed by atoms with Gasteiger partial charge in [0.05, 0.1) is 0 Å². The monoisotopic (exact) mass is 1130 g/mol. The lowest BCUT2D eigenvalue weighted by molar-refractivity contribution is -0.498. The van der Waals surface area contributed by atoms with Crippen LogP contribution in [-0.4, -0.2) is 139 Å². The molecular formula is C55H69ClN10O14. The van der Waals surface area contributed by atoms with Crippen LogP contribution in [0, 0.1) is 43.9 Å². The fraction of sp³-hybridized carbons (Fsp3) is 0.527. The van der Waals surface area contributed by atoms with Gasteiger partial charge in [0.15, 0.2) is 0 Å². The molecule has 0 radical (unpaired) electrons. The quantitative estimate of drug-likeness (QED) is 0.0335. The lowest BCUT2D eigenvalue weighted by Crippen LogP contribution is -2.62. The molecule has 25 heteroatoms. The fourth-order valence-corrected chi connectivity index (χ4v) is 10.8. The van der Waals surface area contributed by atoms with E-state index in [-0.39, 0.29) is 43.8 Å². The Morgan fingerprint density at radius 3 is 1.86 bits per heavy atom. The maximum Gasteiger partial charge on any atom is 0.329 e. The van der Waals surface area contributed by atoms with Crippen LogP contribution in [0.2, 0.25) is 5.15 Å². The Labute approximate surface area is 466 Å². The van der Waals surface area contributed by atoms with Gasteiger partial charge in [0.2, 0.25) is 47.5 Å². The average Bonchev–Trinajstić information content (AvgIpc) is 4.33. The molecule has 2 aliphatic heterocycles. The Hall–Kier alpha value is -7.89. The normalized spacial score (nSPS) is 29.1. The summed E-state index contributed by atoms with van der Waals surface area (Å²) in [6.45, 7) is 9.88. The zero-order valence-corrected chi connectivity index (χ0v) is 45.9. The number of carbonyl (C=O) groups is 8. The molecule has 2 aliphatic carbocycles. The SMILES string of the molecule is CC=C[C@H]1C[C@H]2C(=O)O[C@@H](C)[C@@H](NC(=O)[C@H](C[C@@H]3C[C@H]3[N+](=O)[O-])NC(=O)c3ccc(Cl)n3O)C(=O)N[C@@H]([C@H](C)c3ccccc3)C(=O)N[C@H](C[C@@H]3C[C@H]3[N+](=O)[O-])C(=O)N[C@@H]([C@H](C)c3ccccc3)C(=O)N[C@@H]([C@@H](C)CC)C(=O)N2C1. The molecule has 0 bridgehead atoms. The number of halogens is 1. The van der Waals surface area contributed by atoms with Crippen molar-refractivity contribution in [1.29, 1.82) is 0 Å². The minimum absolute atomic E-state index is 0.00168. The fourth-order valence-electron chi connectivity index (χ4n) is 10.7. The summed E-state index contributed by atoms with van der Waals surface area (Å²) >= 11 is 5.98. The number of rotatable bonds is 17. The van der Waals surface area contributed by atoms with Gasteiger partial charge in [-0.25, -0.2) is 4.79 Å². The molecule has 7 amide bonds. The van der Waals surface area contributed by atoms with E-state index < -0.39 is 159 Å². The van der Waals surface area contributed by atoms with E-state index in [2.05, 4.69) is 31.9 Å². The van der Waals surface area contributed by atoms with Crippen molar-refractivity contribution in [1.82, 2.24) is 41.5 Å². The van der Waals surface area contributed by atoms with E-state index in [1.54, 1.807) is 107 Å². The van der Waals surface area contributed by atoms with Gasteiger partial charge in [0, 0.05) is 52.9 Å². The van der Waals surface area contributed by atoms with E-state index in [4.69, 9.17) is 16.3 Å². The maximum atomic E-state index is 15.2. The lowest BCUT2D eigenvalue weighted by Gasteiger charge is -2.34. The third-order valence-corrected chi connectivity index (χ3v) is 16.3. The first kappa shape index (κ1) is 59.8. The molecule has 7 rings (SSSR count). The number of benzene rings is 2. The first-order valence-electron chi connectivity index (χ1n) is 26.9. The molecule has 2 saturated heterocycles. The highest BCUT2D eigenvalue weighted by Gasteiger charge is 2.52. The number of cyclic esters (lactones) is 1. The van der Waals surface area contributed by atoms with E-state index in [9.17, 15) is 49.4 Å². The second-order valence-corrected chi connectivity index (χ2v) is 21.9. The molecule has 2 saturated carbocycles. The number of fused-ring (bicyclic) bond motifs is 1. The van der Waals surface area contributed by atoms with Crippen molar-refractivity contribution < 1.29 is 58.1 Å². The Bertz CT molecular complexity index is 2850. The molecular weight excluding hydrogens is 1060 g/mol.